The summed E-state index contributed by atoms with van der Waals surface area (Å²) in [6, 6.07) is 4.33. The van der Waals surface area contributed by atoms with E-state index < -0.39 is 0 Å². The van der Waals surface area contributed by atoms with E-state index in [4.69, 9.17) is 28.3 Å². The molecular formula is C10H11Cl2NO2. The summed E-state index contributed by atoms with van der Waals surface area (Å²) in [6.07, 6.45) is 0. The van der Waals surface area contributed by atoms with Crippen LogP contribution >= 0.6 is 23.2 Å². The molecule has 0 spiro atoms. The summed E-state index contributed by atoms with van der Waals surface area (Å²) in [5, 5.41) is 12.1. The number of nitrogens with one attached hydrogen (secondary N) is 1. The highest BCUT2D eigenvalue weighted by Gasteiger charge is 2.12. The molecule has 0 saturated carbocycles. The van der Waals surface area contributed by atoms with Crippen LogP contribution in [0.2, 0.25) is 10.0 Å². The van der Waals surface area contributed by atoms with Crippen molar-refractivity contribution in [1.29, 1.82) is 0 Å². The third-order valence-corrected chi connectivity index (χ3v) is 2.37. The molecule has 0 aliphatic rings. The Balaban J connectivity index is 2.82. The molecule has 0 saturated heterocycles. The highest BCUT2D eigenvalue weighted by molar-refractivity contribution is 6.36. The van der Waals surface area contributed by atoms with Crippen LogP contribution in [0, 0.1) is 0 Å². The zero-order valence-corrected chi connectivity index (χ0v) is 9.64. The minimum absolute atomic E-state index is 0.114. The third kappa shape index (κ3) is 3.38. The van der Waals surface area contributed by atoms with Gasteiger partial charge < -0.3 is 10.4 Å². The molecule has 0 aliphatic carbocycles. The number of amides is 1. The van der Waals surface area contributed by atoms with Crippen molar-refractivity contribution in [2.75, 3.05) is 6.61 Å². The van der Waals surface area contributed by atoms with Gasteiger partial charge in [-0.3, -0.25) is 4.79 Å². The van der Waals surface area contributed by atoms with Gasteiger partial charge in [0.05, 0.1) is 17.2 Å². The molecule has 5 heteroatoms. The van der Waals surface area contributed by atoms with E-state index in [2.05, 4.69) is 5.32 Å². The van der Waals surface area contributed by atoms with Gasteiger partial charge in [0.1, 0.15) is 0 Å². The molecule has 0 aliphatic heterocycles. The zero-order chi connectivity index (χ0) is 11.4. The lowest BCUT2D eigenvalue weighted by Crippen LogP contribution is -2.35. The van der Waals surface area contributed by atoms with Crippen LogP contribution in [-0.4, -0.2) is 23.7 Å². The van der Waals surface area contributed by atoms with Crippen molar-refractivity contribution in [1.82, 2.24) is 5.32 Å². The average Bonchev–Trinajstić information content (AvgIpc) is 2.17. The monoisotopic (exact) mass is 247 g/mol. The van der Waals surface area contributed by atoms with Gasteiger partial charge in [0.2, 0.25) is 0 Å². The summed E-state index contributed by atoms with van der Waals surface area (Å²) in [7, 11) is 0. The second kappa shape index (κ2) is 5.35. The molecular weight excluding hydrogens is 237 g/mol. The summed E-state index contributed by atoms with van der Waals surface area (Å²) >= 11 is 11.5. The maximum Gasteiger partial charge on any atom is 0.253 e. The second-order valence-corrected chi connectivity index (χ2v) is 4.02. The average molecular weight is 248 g/mol. The first-order valence-electron chi connectivity index (χ1n) is 4.41. The summed E-state index contributed by atoms with van der Waals surface area (Å²) in [4.78, 5) is 11.6. The maximum atomic E-state index is 11.6. The van der Waals surface area contributed by atoms with Gasteiger partial charge in [-0.15, -0.1) is 0 Å². The molecule has 0 aromatic heterocycles. The van der Waals surface area contributed by atoms with Crippen LogP contribution in [0.5, 0.6) is 0 Å². The van der Waals surface area contributed by atoms with E-state index in [9.17, 15) is 4.79 Å². The Kier molecular flexibility index (Phi) is 4.39. The van der Waals surface area contributed by atoms with Gasteiger partial charge in [0.25, 0.3) is 5.91 Å². The van der Waals surface area contributed by atoms with Crippen LogP contribution in [0.4, 0.5) is 0 Å². The second-order valence-electron chi connectivity index (χ2n) is 3.18. The molecule has 15 heavy (non-hydrogen) atoms. The van der Waals surface area contributed by atoms with Gasteiger partial charge in [0.15, 0.2) is 0 Å². The molecule has 1 aromatic rings. The lowest BCUT2D eigenvalue weighted by Gasteiger charge is -2.11. The van der Waals surface area contributed by atoms with Gasteiger partial charge in [-0.1, -0.05) is 23.2 Å². The summed E-state index contributed by atoms with van der Waals surface area (Å²) in [5.74, 6) is -0.321. The van der Waals surface area contributed by atoms with E-state index in [1.165, 1.54) is 6.07 Å². The number of halogens is 2. The van der Waals surface area contributed by atoms with Gasteiger partial charge in [-0.05, 0) is 25.1 Å². The molecule has 0 heterocycles. The van der Waals surface area contributed by atoms with Crippen LogP contribution in [0.3, 0.4) is 0 Å². The minimum atomic E-state index is -0.321. The number of carbonyl (C=O) groups is 1. The highest BCUT2D eigenvalue weighted by Crippen LogP contribution is 2.20. The summed E-state index contributed by atoms with van der Waals surface area (Å²) in [5.41, 5.74) is 0.348. The van der Waals surface area contributed by atoms with E-state index in [0.717, 1.165) is 0 Å². The van der Waals surface area contributed by atoms with Crippen molar-refractivity contribution in [2.45, 2.75) is 13.0 Å². The first-order valence-corrected chi connectivity index (χ1v) is 5.17. The van der Waals surface area contributed by atoms with Crippen LogP contribution < -0.4 is 5.32 Å². The molecule has 0 bridgehead atoms. The Morgan fingerprint density at radius 1 is 1.53 bits per heavy atom. The molecule has 2 N–H and O–H groups in total. The van der Waals surface area contributed by atoms with Gasteiger partial charge in [0, 0.05) is 11.1 Å². The van der Waals surface area contributed by atoms with Crippen molar-refractivity contribution in [3.8, 4) is 0 Å². The number of rotatable bonds is 3. The molecule has 1 aromatic carbocycles. The van der Waals surface area contributed by atoms with Crippen molar-refractivity contribution in [3.05, 3.63) is 33.8 Å². The number of aliphatic hydroxyl groups excluding tert-OH is 1. The van der Waals surface area contributed by atoms with E-state index in [1.54, 1.807) is 19.1 Å². The standard InChI is InChI=1S/C10H11Cl2NO2/c1-6(5-14)13-10(15)8-3-2-7(11)4-9(8)12/h2-4,6,14H,5H2,1H3,(H,13,15)/t6-/m1/s1. The van der Waals surface area contributed by atoms with Crippen molar-refractivity contribution in [3.63, 3.8) is 0 Å². The topological polar surface area (TPSA) is 49.3 Å². The number of benzene rings is 1. The van der Waals surface area contributed by atoms with Crippen LogP contribution in [0.15, 0.2) is 18.2 Å². The molecule has 1 rings (SSSR count). The number of hydrogen-bond acceptors (Lipinski definition) is 2. The summed E-state index contributed by atoms with van der Waals surface area (Å²) < 4.78 is 0. The predicted octanol–water partition coefficient (Wildman–Crippen LogP) is 2.10. The molecule has 3 nitrogen and oxygen atoms in total. The fourth-order valence-corrected chi connectivity index (χ4v) is 1.52. The SMILES string of the molecule is C[C@H](CO)NC(=O)c1ccc(Cl)cc1Cl. The normalized spacial score (nSPS) is 12.3. The van der Waals surface area contributed by atoms with E-state index in [-0.39, 0.29) is 18.6 Å². The van der Waals surface area contributed by atoms with Crippen LogP contribution in [-0.2, 0) is 0 Å². The van der Waals surface area contributed by atoms with Crippen molar-refractivity contribution < 1.29 is 9.90 Å². The lowest BCUT2D eigenvalue weighted by atomic mass is 10.2. The van der Waals surface area contributed by atoms with E-state index in [0.29, 0.717) is 15.6 Å². The van der Waals surface area contributed by atoms with Crippen molar-refractivity contribution in [2.24, 2.45) is 0 Å². The van der Waals surface area contributed by atoms with Crippen molar-refractivity contribution >= 4 is 29.1 Å². The zero-order valence-electron chi connectivity index (χ0n) is 8.13. The number of aliphatic hydroxyl groups is 1. The molecule has 0 unspecified atom stereocenters. The Hall–Kier alpha value is -0.770. The Morgan fingerprint density at radius 3 is 2.73 bits per heavy atom. The first kappa shape index (κ1) is 12.3. The van der Waals surface area contributed by atoms with E-state index >= 15 is 0 Å². The van der Waals surface area contributed by atoms with Crippen LogP contribution in [0.1, 0.15) is 17.3 Å². The van der Waals surface area contributed by atoms with E-state index in [1.807, 2.05) is 0 Å². The predicted molar refractivity (Wildman–Crippen MR) is 60.5 cm³/mol. The fourth-order valence-electron chi connectivity index (χ4n) is 1.02. The number of carbonyl (C=O) groups excluding carboxylic acids is 1. The molecule has 1 amide bonds. The first-order chi connectivity index (χ1) is 7.04. The Bertz CT molecular complexity index is 368. The van der Waals surface area contributed by atoms with Gasteiger partial charge in [-0.25, -0.2) is 0 Å². The molecule has 82 valence electrons. The fraction of sp³-hybridized carbons (Fsp3) is 0.300. The summed E-state index contributed by atoms with van der Waals surface area (Å²) in [6.45, 7) is 1.58. The van der Waals surface area contributed by atoms with Gasteiger partial charge >= 0.3 is 0 Å². The third-order valence-electron chi connectivity index (χ3n) is 1.83. The largest absolute Gasteiger partial charge is 0.394 e. The Labute approximate surface area is 98.0 Å². The molecule has 0 fully saturated rings. The van der Waals surface area contributed by atoms with Gasteiger partial charge in [-0.2, -0.15) is 0 Å². The number of hydrogen-bond donors (Lipinski definition) is 2. The maximum absolute atomic E-state index is 11.6. The molecule has 1 atom stereocenters. The minimum Gasteiger partial charge on any atom is -0.394 e. The lowest BCUT2D eigenvalue weighted by molar-refractivity contribution is 0.0922. The quantitative estimate of drug-likeness (QED) is 0.860. The smallest absolute Gasteiger partial charge is 0.253 e. The Morgan fingerprint density at radius 2 is 2.20 bits per heavy atom. The highest BCUT2D eigenvalue weighted by atomic mass is 35.5. The molecule has 0 radical (unpaired) electrons. The van der Waals surface area contributed by atoms with Crippen LogP contribution in [0.25, 0.3) is 0 Å².